The summed E-state index contributed by atoms with van der Waals surface area (Å²) in [6.07, 6.45) is 1.16. The number of ether oxygens (including phenoxy) is 1. The Hall–Kier alpha value is -1.44. The van der Waals surface area contributed by atoms with E-state index in [0.717, 1.165) is 44.7 Å². The van der Waals surface area contributed by atoms with Crippen LogP contribution in [0.1, 0.15) is 35.5 Å². The van der Waals surface area contributed by atoms with Crippen molar-refractivity contribution in [3.63, 3.8) is 0 Å². The summed E-state index contributed by atoms with van der Waals surface area (Å²) in [5.74, 6) is -0.491. The first kappa shape index (κ1) is 18.9. The Morgan fingerprint density at radius 2 is 2.00 bits per heavy atom. The highest BCUT2D eigenvalue weighted by molar-refractivity contribution is 7.12. The molecule has 1 atom stereocenters. The summed E-state index contributed by atoms with van der Waals surface area (Å²) >= 11 is 1.29. The molecule has 0 aliphatic carbocycles. The van der Waals surface area contributed by atoms with Crippen molar-refractivity contribution in [3.05, 3.63) is 15.8 Å². The first-order valence-corrected chi connectivity index (χ1v) is 9.29. The van der Waals surface area contributed by atoms with Gasteiger partial charge in [0.25, 0.3) is 0 Å². The molecule has 0 bridgehead atoms. The number of hydrogen-bond acceptors (Lipinski definition) is 6. The molecule has 1 N–H and O–H groups in total. The molecule has 0 spiro atoms. The van der Waals surface area contributed by atoms with Gasteiger partial charge in [-0.05, 0) is 37.8 Å². The Kier molecular flexibility index (Phi) is 6.77. The first-order chi connectivity index (χ1) is 11.5. The van der Waals surface area contributed by atoms with E-state index in [2.05, 4.69) is 22.0 Å². The Bertz CT molecular complexity index is 580. The normalized spacial score (nSPS) is 17.5. The molecule has 134 valence electrons. The number of carbonyl (C=O) groups excluding carboxylic acids is 2. The second kappa shape index (κ2) is 8.60. The van der Waals surface area contributed by atoms with Gasteiger partial charge in [-0.25, -0.2) is 4.79 Å². The van der Waals surface area contributed by atoms with Crippen LogP contribution >= 0.6 is 11.3 Å². The fourth-order valence-corrected chi connectivity index (χ4v) is 3.85. The van der Waals surface area contributed by atoms with Crippen molar-refractivity contribution in [2.75, 3.05) is 45.2 Å². The van der Waals surface area contributed by atoms with E-state index < -0.39 is 5.97 Å². The van der Waals surface area contributed by atoms with E-state index >= 15 is 0 Å². The highest BCUT2D eigenvalue weighted by Gasteiger charge is 2.27. The minimum atomic E-state index is -0.413. The van der Waals surface area contributed by atoms with E-state index in [1.54, 1.807) is 0 Å². The number of esters is 1. The molecule has 24 heavy (non-hydrogen) atoms. The zero-order valence-electron chi connectivity index (χ0n) is 14.9. The van der Waals surface area contributed by atoms with Crippen LogP contribution < -0.4 is 5.32 Å². The standard InChI is InChI=1S/C17H27N3O3S/c1-5-6-19-7-9-20(10-8-19)13(3)16(21)18-14-12(2)11-24-15(14)17(22)23-4/h11,13H,5-10H2,1-4H3,(H,18,21). The zero-order chi connectivity index (χ0) is 17.7. The lowest BCUT2D eigenvalue weighted by molar-refractivity contribution is -0.121. The van der Waals surface area contributed by atoms with Gasteiger partial charge in [-0.15, -0.1) is 11.3 Å². The van der Waals surface area contributed by atoms with Crippen LogP contribution in [-0.2, 0) is 9.53 Å². The fraction of sp³-hybridized carbons (Fsp3) is 0.647. The van der Waals surface area contributed by atoms with Crippen LogP contribution in [0.3, 0.4) is 0 Å². The van der Waals surface area contributed by atoms with Gasteiger partial charge in [0, 0.05) is 26.2 Å². The van der Waals surface area contributed by atoms with Gasteiger partial charge in [0.15, 0.2) is 0 Å². The lowest BCUT2D eigenvalue weighted by Crippen LogP contribution is -2.52. The van der Waals surface area contributed by atoms with Crippen LogP contribution in [0.15, 0.2) is 5.38 Å². The summed E-state index contributed by atoms with van der Waals surface area (Å²) in [6.45, 7) is 10.9. The Morgan fingerprint density at radius 1 is 1.33 bits per heavy atom. The van der Waals surface area contributed by atoms with E-state index in [4.69, 9.17) is 4.74 Å². The molecule has 1 aromatic heterocycles. The van der Waals surface area contributed by atoms with E-state index in [-0.39, 0.29) is 11.9 Å². The van der Waals surface area contributed by atoms with Crippen molar-refractivity contribution in [2.24, 2.45) is 0 Å². The third kappa shape index (κ3) is 4.34. The predicted octanol–water partition coefficient (Wildman–Crippen LogP) is 2.20. The van der Waals surface area contributed by atoms with Crippen molar-refractivity contribution in [3.8, 4) is 0 Å². The molecule has 1 amide bonds. The van der Waals surface area contributed by atoms with Gasteiger partial charge in [-0.2, -0.15) is 0 Å². The number of nitrogens with zero attached hydrogens (tertiary/aromatic N) is 2. The number of piperazine rings is 1. The molecule has 2 rings (SSSR count). The second-order valence-electron chi connectivity index (χ2n) is 6.16. The van der Waals surface area contributed by atoms with E-state index in [9.17, 15) is 9.59 Å². The lowest BCUT2D eigenvalue weighted by Gasteiger charge is -2.37. The number of nitrogens with one attached hydrogen (secondary N) is 1. The molecule has 0 radical (unpaired) electrons. The number of thiophene rings is 1. The molecule has 1 aromatic rings. The van der Waals surface area contributed by atoms with Crippen LogP contribution in [0.2, 0.25) is 0 Å². The number of hydrogen-bond donors (Lipinski definition) is 1. The highest BCUT2D eigenvalue weighted by atomic mass is 32.1. The maximum absolute atomic E-state index is 12.6. The summed E-state index contributed by atoms with van der Waals surface area (Å²) in [6, 6.07) is -0.224. The lowest BCUT2D eigenvalue weighted by atomic mass is 10.2. The molecular weight excluding hydrogens is 326 g/mol. The quantitative estimate of drug-likeness (QED) is 0.795. The summed E-state index contributed by atoms with van der Waals surface area (Å²) in [5, 5.41) is 4.78. The summed E-state index contributed by atoms with van der Waals surface area (Å²) in [5.41, 5.74) is 1.46. The monoisotopic (exact) mass is 353 g/mol. The summed E-state index contributed by atoms with van der Waals surface area (Å²) in [7, 11) is 1.35. The SMILES string of the molecule is CCCN1CCN(C(C)C(=O)Nc2c(C)csc2C(=O)OC)CC1. The van der Waals surface area contributed by atoms with Gasteiger partial charge in [0.05, 0.1) is 18.8 Å². The Morgan fingerprint density at radius 3 is 2.58 bits per heavy atom. The summed E-state index contributed by atoms with van der Waals surface area (Å²) < 4.78 is 4.79. The molecular formula is C17H27N3O3S. The van der Waals surface area contributed by atoms with E-state index in [0.29, 0.717) is 10.6 Å². The van der Waals surface area contributed by atoms with E-state index in [1.807, 2.05) is 19.2 Å². The Labute approximate surface area is 147 Å². The van der Waals surface area contributed by atoms with Crippen molar-refractivity contribution in [1.29, 1.82) is 0 Å². The number of methoxy groups -OCH3 is 1. The molecule has 1 aliphatic rings. The molecule has 1 aliphatic heterocycles. The van der Waals surface area contributed by atoms with Gasteiger partial charge in [0.1, 0.15) is 4.88 Å². The number of rotatable bonds is 6. The maximum atomic E-state index is 12.6. The van der Waals surface area contributed by atoms with Gasteiger partial charge < -0.3 is 15.0 Å². The molecule has 1 unspecified atom stereocenters. The maximum Gasteiger partial charge on any atom is 0.350 e. The Balaban J connectivity index is 1.98. The molecule has 1 fully saturated rings. The van der Waals surface area contributed by atoms with Crippen LogP contribution in [-0.4, -0.2) is 67.6 Å². The highest BCUT2D eigenvalue weighted by Crippen LogP contribution is 2.28. The second-order valence-corrected chi connectivity index (χ2v) is 7.04. The topological polar surface area (TPSA) is 61.9 Å². The number of carbonyl (C=O) groups is 2. The average Bonchev–Trinajstić information content (AvgIpc) is 2.95. The van der Waals surface area contributed by atoms with Crippen molar-refractivity contribution in [2.45, 2.75) is 33.2 Å². The van der Waals surface area contributed by atoms with Crippen molar-refractivity contribution >= 4 is 28.9 Å². The minimum absolute atomic E-state index is 0.0782. The molecule has 7 heteroatoms. The summed E-state index contributed by atoms with van der Waals surface area (Å²) in [4.78, 5) is 29.5. The number of amides is 1. The van der Waals surface area contributed by atoms with Crippen LogP contribution in [0.4, 0.5) is 5.69 Å². The molecule has 6 nitrogen and oxygen atoms in total. The van der Waals surface area contributed by atoms with Crippen LogP contribution in [0.5, 0.6) is 0 Å². The van der Waals surface area contributed by atoms with Gasteiger partial charge in [-0.3, -0.25) is 9.69 Å². The minimum Gasteiger partial charge on any atom is -0.465 e. The predicted molar refractivity (Wildman–Crippen MR) is 96.8 cm³/mol. The fourth-order valence-electron chi connectivity index (χ4n) is 2.93. The molecule has 0 aromatic carbocycles. The van der Waals surface area contributed by atoms with Crippen LogP contribution in [0.25, 0.3) is 0 Å². The van der Waals surface area contributed by atoms with E-state index in [1.165, 1.54) is 18.4 Å². The van der Waals surface area contributed by atoms with Gasteiger partial charge in [0.2, 0.25) is 5.91 Å². The van der Waals surface area contributed by atoms with Crippen LogP contribution in [0, 0.1) is 6.92 Å². The zero-order valence-corrected chi connectivity index (χ0v) is 15.7. The third-order valence-electron chi connectivity index (χ3n) is 4.47. The van der Waals surface area contributed by atoms with Crippen molar-refractivity contribution in [1.82, 2.24) is 9.80 Å². The molecule has 2 heterocycles. The van der Waals surface area contributed by atoms with Gasteiger partial charge in [-0.1, -0.05) is 6.92 Å². The first-order valence-electron chi connectivity index (χ1n) is 8.41. The average molecular weight is 353 g/mol. The molecule has 0 saturated carbocycles. The number of anilines is 1. The largest absolute Gasteiger partial charge is 0.465 e. The number of aryl methyl sites for hydroxylation is 1. The molecule has 1 saturated heterocycles. The smallest absolute Gasteiger partial charge is 0.350 e. The van der Waals surface area contributed by atoms with Gasteiger partial charge >= 0.3 is 5.97 Å². The van der Waals surface area contributed by atoms with Crippen molar-refractivity contribution < 1.29 is 14.3 Å². The third-order valence-corrected chi connectivity index (χ3v) is 5.55.